The Bertz CT molecular complexity index is 945. The average Bonchev–Trinajstić information content (AvgIpc) is 2.70. The Labute approximate surface area is 165 Å². The molecule has 0 aliphatic heterocycles. The van der Waals surface area contributed by atoms with Gasteiger partial charge >= 0.3 is 5.97 Å². The van der Waals surface area contributed by atoms with E-state index in [-0.39, 0.29) is 29.4 Å². The van der Waals surface area contributed by atoms with Crippen molar-refractivity contribution >= 4 is 21.8 Å². The summed E-state index contributed by atoms with van der Waals surface area (Å²) < 4.78 is 31.4. The van der Waals surface area contributed by atoms with Crippen molar-refractivity contribution in [2.45, 2.75) is 24.7 Å². The monoisotopic (exact) mass is 401 g/mol. The van der Waals surface area contributed by atoms with Crippen LogP contribution in [0, 0.1) is 0 Å². The van der Waals surface area contributed by atoms with Gasteiger partial charge in [0.05, 0.1) is 10.5 Å². The third kappa shape index (κ3) is 5.61. The van der Waals surface area contributed by atoms with E-state index in [1.807, 2.05) is 12.1 Å². The first-order chi connectivity index (χ1) is 13.2. The number of sulfonamides is 1. The van der Waals surface area contributed by atoms with Crippen molar-refractivity contribution in [2.24, 2.45) is 0 Å². The van der Waals surface area contributed by atoms with Crippen LogP contribution in [0.15, 0.2) is 66.1 Å². The van der Waals surface area contributed by atoms with Gasteiger partial charge < -0.3 is 4.74 Å². The quantitative estimate of drug-likeness (QED) is 0.396. The van der Waals surface area contributed by atoms with Crippen molar-refractivity contribution in [1.29, 1.82) is 0 Å². The molecule has 0 aliphatic carbocycles. The molecule has 148 valence electrons. The van der Waals surface area contributed by atoms with Crippen LogP contribution in [0.2, 0.25) is 0 Å². The second-order valence-electron chi connectivity index (χ2n) is 6.44. The molecule has 28 heavy (non-hydrogen) atoms. The molecular weight excluding hydrogens is 378 g/mol. The molecule has 2 rings (SSSR count). The van der Waals surface area contributed by atoms with E-state index in [9.17, 15) is 18.0 Å². The maximum Gasteiger partial charge on any atom is 0.338 e. The molecule has 0 radical (unpaired) electrons. The lowest BCUT2D eigenvalue weighted by molar-refractivity contribution is 0.0474. The van der Waals surface area contributed by atoms with Gasteiger partial charge in [0.1, 0.15) is 0 Å². The van der Waals surface area contributed by atoms with E-state index >= 15 is 0 Å². The minimum absolute atomic E-state index is 0.0206. The Morgan fingerprint density at radius 3 is 2.14 bits per heavy atom. The zero-order valence-corrected chi connectivity index (χ0v) is 16.7. The third-order valence-corrected chi connectivity index (χ3v) is 5.49. The van der Waals surface area contributed by atoms with E-state index in [0.29, 0.717) is 11.5 Å². The molecule has 0 amide bonds. The van der Waals surface area contributed by atoms with Crippen LogP contribution < -0.4 is 4.72 Å². The molecule has 6 nitrogen and oxygen atoms in total. The Hall–Kier alpha value is -2.77. The van der Waals surface area contributed by atoms with Gasteiger partial charge in [-0.25, -0.2) is 17.9 Å². The number of hydrogen-bond donors (Lipinski definition) is 1. The van der Waals surface area contributed by atoms with Crippen LogP contribution in [-0.4, -0.2) is 33.3 Å². The van der Waals surface area contributed by atoms with Gasteiger partial charge in [0.15, 0.2) is 12.4 Å². The Balaban J connectivity index is 1.97. The Morgan fingerprint density at radius 1 is 1.04 bits per heavy atom. The predicted molar refractivity (Wildman–Crippen MR) is 107 cm³/mol. The van der Waals surface area contributed by atoms with Crippen LogP contribution in [-0.2, 0) is 14.8 Å². The van der Waals surface area contributed by atoms with E-state index in [1.165, 1.54) is 30.3 Å². The van der Waals surface area contributed by atoms with Gasteiger partial charge in [0, 0.05) is 12.1 Å². The summed E-state index contributed by atoms with van der Waals surface area (Å²) in [6, 6.07) is 12.4. The largest absolute Gasteiger partial charge is 0.454 e. The van der Waals surface area contributed by atoms with Gasteiger partial charge in [-0.05, 0) is 35.7 Å². The molecule has 0 unspecified atom stereocenters. The van der Waals surface area contributed by atoms with E-state index in [4.69, 9.17) is 4.74 Å². The molecule has 2 aromatic carbocycles. The number of hydrogen-bond acceptors (Lipinski definition) is 5. The van der Waals surface area contributed by atoms with Crippen molar-refractivity contribution in [3.8, 4) is 0 Å². The molecule has 1 N–H and O–H groups in total. The number of esters is 1. The second-order valence-corrected chi connectivity index (χ2v) is 8.21. The van der Waals surface area contributed by atoms with Gasteiger partial charge in [-0.1, -0.05) is 44.2 Å². The van der Waals surface area contributed by atoms with Crippen LogP contribution in [0.4, 0.5) is 0 Å². The molecule has 0 aliphatic rings. The lowest BCUT2D eigenvalue weighted by Gasteiger charge is -2.08. The highest BCUT2D eigenvalue weighted by Gasteiger charge is 2.16. The standard InChI is InChI=1S/C21H23NO5S/c1-4-13-22-28(25,26)19-11-9-18(10-12-19)21(24)27-14-20(23)17-7-5-16(6-8-17)15(2)3/h4-12,15,22H,1,13-14H2,2-3H3. The predicted octanol–water partition coefficient (Wildman–Crippen LogP) is 3.31. The third-order valence-electron chi connectivity index (χ3n) is 4.05. The Kier molecular flexibility index (Phi) is 7.25. The minimum atomic E-state index is -3.66. The molecule has 0 heterocycles. The lowest BCUT2D eigenvalue weighted by Crippen LogP contribution is -2.23. The summed E-state index contributed by atoms with van der Waals surface area (Å²) in [5.41, 5.74) is 1.74. The van der Waals surface area contributed by atoms with Crippen LogP contribution >= 0.6 is 0 Å². The van der Waals surface area contributed by atoms with Gasteiger partial charge in [-0.2, -0.15) is 0 Å². The number of rotatable bonds is 9. The average molecular weight is 401 g/mol. The van der Waals surface area contributed by atoms with Crippen LogP contribution in [0.3, 0.4) is 0 Å². The summed E-state index contributed by atoms with van der Waals surface area (Å²) >= 11 is 0. The summed E-state index contributed by atoms with van der Waals surface area (Å²) in [4.78, 5) is 24.3. The van der Waals surface area contributed by atoms with E-state index in [1.54, 1.807) is 12.1 Å². The lowest BCUT2D eigenvalue weighted by atomic mass is 10.0. The molecule has 0 spiro atoms. The number of benzene rings is 2. The van der Waals surface area contributed by atoms with Crippen molar-refractivity contribution in [2.75, 3.05) is 13.2 Å². The van der Waals surface area contributed by atoms with Crippen molar-refractivity contribution in [3.05, 3.63) is 77.9 Å². The minimum Gasteiger partial charge on any atom is -0.454 e. The molecule has 2 aromatic rings. The molecule has 0 aromatic heterocycles. The zero-order valence-electron chi connectivity index (χ0n) is 15.8. The SMILES string of the molecule is C=CCNS(=O)(=O)c1ccc(C(=O)OCC(=O)c2ccc(C(C)C)cc2)cc1. The first-order valence-corrected chi connectivity index (χ1v) is 10.2. The first-order valence-electron chi connectivity index (χ1n) is 8.75. The van der Waals surface area contributed by atoms with Gasteiger partial charge in [-0.15, -0.1) is 6.58 Å². The highest BCUT2D eigenvalue weighted by molar-refractivity contribution is 7.89. The molecule has 0 saturated heterocycles. The summed E-state index contributed by atoms with van der Waals surface area (Å²) in [5.74, 6) is -0.646. The number of ketones is 1. The van der Waals surface area contributed by atoms with E-state index in [2.05, 4.69) is 25.1 Å². The molecular formula is C21H23NO5S. The van der Waals surface area contributed by atoms with E-state index < -0.39 is 16.0 Å². The van der Waals surface area contributed by atoms with Gasteiger partial charge in [0.25, 0.3) is 0 Å². The highest BCUT2D eigenvalue weighted by Crippen LogP contribution is 2.15. The number of ether oxygens (including phenoxy) is 1. The van der Waals surface area contributed by atoms with Crippen LogP contribution in [0.5, 0.6) is 0 Å². The highest BCUT2D eigenvalue weighted by atomic mass is 32.2. The Morgan fingerprint density at radius 2 is 1.61 bits per heavy atom. The van der Waals surface area contributed by atoms with Crippen LogP contribution in [0.25, 0.3) is 0 Å². The van der Waals surface area contributed by atoms with Gasteiger partial charge in [-0.3, -0.25) is 4.79 Å². The molecule has 0 bridgehead atoms. The smallest absolute Gasteiger partial charge is 0.338 e. The van der Waals surface area contributed by atoms with E-state index in [0.717, 1.165) is 5.56 Å². The maximum atomic E-state index is 12.2. The number of nitrogens with one attached hydrogen (secondary N) is 1. The van der Waals surface area contributed by atoms with Crippen LogP contribution in [0.1, 0.15) is 46.0 Å². The van der Waals surface area contributed by atoms with Crippen molar-refractivity contribution in [1.82, 2.24) is 4.72 Å². The fourth-order valence-corrected chi connectivity index (χ4v) is 3.37. The fourth-order valence-electron chi connectivity index (χ4n) is 2.37. The maximum absolute atomic E-state index is 12.2. The number of carbonyl (C=O) groups excluding carboxylic acids is 2. The molecule has 0 fully saturated rings. The van der Waals surface area contributed by atoms with Gasteiger partial charge in [0.2, 0.25) is 10.0 Å². The number of Topliss-reactive ketones (excluding diaryl/α,β-unsaturated/α-hetero) is 1. The molecule has 0 atom stereocenters. The fraction of sp³-hybridized carbons (Fsp3) is 0.238. The second kappa shape index (κ2) is 9.43. The summed E-state index contributed by atoms with van der Waals surface area (Å²) in [6.07, 6.45) is 1.43. The summed E-state index contributed by atoms with van der Waals surface area (Å²) in [5, 5.41) is 0. The van der Waals surface area contributed by atoms with Crippen molar-refractivity contribution in [3.63, 3.8) is 0 Å². The molecule has 7 heteroatoms. The first kappa shape index (κ1) is 21.5. The summed E-state index contributed by atoms with van der Waals surface area (Å²) in [6.45, 7) is 7.28. The number of carbonyl (C=O) groups is 2. The normalized spacial score (nSPS) is 11.2. The zero-order chi connectivity index (χ0) is 20.7. The summed E-state index contributed by atoms with van der Waals surface area (Å²) in [7, 11) is -3.66. The topological polar surface area (TPSA) is 89.5 Å². The molecule has 0 saturated carbocycles. The van der Waals surface area contributed by atoms with Crippen molar-refractivity contribution < 1.29 is 22.7 Å².